The van der Waals surface area contributed by atoms with Crippen molar-refractivity contribution in [3.8, 4) is 0 Å². The molecule has 6 heteroatoms. The number of carbonyl (C=O) groups excluding carboxylic acids is 2. The number of rotatable bonds is 6. The van der Waals surface area contributed by atoms with Crippen LogP contribution in [0.15, 0.2) is 28.7 Å². The lowest BCUT2D eigenvalue weighted by Gasteiger charge is -2.16. The second-order valence-corrected chi connectivity index (χ2v) is 5.74. The summed E-state index contributed by atoms with van der Waals surface area (Å²) in [5.74, 6) is -0.0882. The number of halogens is 1. The number of hydrogen-bond acceptors (Lipinski definition) is 3. The Morgan fingerprint density at radius 3 is 2.40 bits per heavy atom. The van der Waals surface area contributed by atoms with Gasteiger partial charge in [0.25, 0.3) is 0 Å². The van der Waals surface area contributed by atoms with Crippen LogP contribution >= 0.6 is 15.9 Å². The molecule has 0 aromatic heterocycles. The lowest BCUT2D eigenvalue weighted by Crippen LogP contribution is -2.37. The van der Waals surface area contributed by atoms with E-state index in [9.17, 15) is 9.59 Å². The highest BCUT2D eigenvalue weighted by molar-refractivity contribution is 9.10. The highest BCUT2D eigenvalue weighted by atomic mass is 79.9. The summed E-state index contributed by atoms with van der Waals surface area (Å²) in [6.07, 6.45) is 0.374. The van der Waals surface area contributed by atoms with Gasteiger partial charge in [-0.05, 0) is 31.2 Å². The van der Waals surface area contributed by atoms with Crippen LogP contribution in [0.3, 0.4) is 0 Å². The first-order chi connectivity index (χ1) is 9.38. The van der Waals surface area contributed by atoms with Crippen molar-refractivity contribution in [3.63, 3.8) is 0 Å². The third-order valence-corrected chi connectivity index (χ3v) is 3.25. The van der Waals surface area contributed by atoms with Crippen LogP contribution in [-0.4, -0.2) is 43.4 Å². The summed E-state index contributed by atoms with van der Waals surface area (Å²) in [6.45, 7) is 2.06. The predicted molar refractivity (Wildman–Crippen MR) is 83.5 cm³/mol. The second kappa shape index (κ2) is 8.01. The number of carbonyl (C=O) groups is 2. The topological polar surface area (TPSA) is 61.4 Å². The van der Waals surface area contributed by atoms with Gasteiger partial charge in [0.15, 0.2) is 0 Å². The number of amides is 2. The summed E-state index contributed by atoms with van der Waals surface area (Å²) in [5.41, 5.74) is 0.747. The van der Waals surface area contributed by atoms with E-state index < -0.39 is 0 Å². The van der Waals surface area contributed by atoms with Crippen LogP contribution in [-0.2, 0) is 9.59 Å². The maximum atomic E-state index is 11.7. The average molecular weight is 342 g/mol. The van der Waals surface area contributed by atoms with Crippen LogP contribution in [0, 0.1) is 0 Å². The Balaban J connectivity index is 2.32. The minimum atomic E-state index is -0.128. The van der Waals surface area contributed by atoms with Crippen molar-refractivity contribution in [2.75, 3.05) is 26.0 Å². The molecule has 2 N–H and O–H groups in total. The number of benzene rings is 1. The molecule has 0 radical (unpaired) electrons. The normalized spacial score (nSPS) is 11.8. The van der Waals surface area contributed by atoms with Gasteiger partial charge in [0, 0.05) is 36.7 Å². The molecule has 2 amide bonds. The monoisotopic (exact) mass is 341 g/mol. The molecule has 0 aliphatic heterocycles. The maximum absolute atomic E-state index is 11.7. The Morgan fingerprint density at radius 1 is 1.25 bits per heavy atom. The van der Waals surface area contributed by atoms with E-state index in [0.29, 0.717) is 6.42 Å². The van der Waals surface area contributed by atoms with E-state index in [0.717, 1.165) is 10.2 Å². The Morgan fingerprint density at radius 2 is 1.85 bits per heavy atom. The summed E-state index contributed by atoms with van der Waals surface area (Å²) in [5, 5.41) is 5.81. The molecule has 0 spiro atoms. The molecular formula is C14H20BrN3O2. The van der Waals surface area contributed by atoms with Crippen LogP contribution < -0.4 is 10.6 Å². The minimum Gasteiger partial charge on any atom is -0.349 e. The molecule has 0 heterocycles. The maximum Gasteiger partial charge on any atom is 0.238 e. The summed E-state index contributed by atoms with van der Waals surface area (Å²) in [7, 11) is 3.44. The molecule has 0 aliphatic carbocycles. The van der Waals surface area contributed by atoms with Crippen molar-refractivity contribution in [2.45, 2.75) is 19.4 Å². The van der Waals surface area contributed by atoms with Gasteiger partial charge in [-0.15, -0.1) is 0 Å². The van der Waals surface area contributed by atoms with E-state index >= 15 is 0 Å². The fourth-order valence-corrected chi connectivity index (χ4v) is 1.79. The molecule has 0 saturated carbocycles. The highest BCUT2D eigenvalue weighted by Gasteiger charge is 2.11. The van der Waals surface area contributed by atoms with E-state index in [1.54, 1.807) is 19.0 Å². The number of nitrogens with one attached hydrogen (secondary N) is 2. The SMILES string of the molecule is C[C@H](CC(=O)N(C)C)NCC(=O)Nc1ccc(Br)cc1. The van der Waals surface area contributed by atoms with Gasteiger partial charge in [-0.2, -0.15) is 0 Å². The first-order valence-electron chi connectivity index (χ1n) is 6.37. The third-order valence-electron chi connectivity index (χ3n) is 2.72. The highest BCUT2D eigenvalue weighted by Crippen LogP contribution is 2.13. The average Bonchev–Trinajstić information content (AvgIpc) is 2.39. The summed E-state index contributed by atoms with van der Waals surface area (Å²) >= 11 is 3.34. The van der Waals surface area contributed by atoms with Crippen LogP contribution in [0.1, 0.15) is 13.3 Å². The number of hydrogen-bond donors (Lipinski definition) is 2. The Bertz CT molecular complexity index is 460. The Kier molecular flexibility index (Phi) is 6.67. The summed E-state index contributed by atoms with van der Waals surface area (Å²) < 4.78 is 0.962. The first kappa shape index (κ1) is 16.7. The van der Waals surface area contributed by atoms with Crippen LogP contribution in [0.4, 0.5) is 5.69 Å². The van der Waals surface area contributed by atoms with Crippen molar-refractivity contribution >= 4 is 33.4 Å². The second-order valence-electron chi connectivity index (χ2n) is 4.83. The van der Waals surface area contributed by atoms with Gasteiger partial charge in [-0.1, -0.05) is 15.9 Å². The van der Waals surface area contributed by atoms with E-state index in [1.165, 1.54) is 0 Å². The zero-order valence-electron chi connectivity index (χ0n) is 11.9. The summed E-state index contributed by atoms with van der Waals surface area (Å²) in [6, 6.07) is 7.32. The van der Waals surface area contributed by atoms with Crippen molar-refractivity contribution in [2.24, 2.45) is 0 Å². The number of nitrogens with zero attached hydrogens (tertiary/aromatic N) is 1. The zero-order valence-corrected chi connectivity index (χ0v) is 13.5. The van der Waals surface area contributed by atoms with Gasteiger partial charge in [-0.25, -0.2) is 0 Å². The molecule has 0 bridgehead atoms. The quantitative estimate of drug-likeness (QED) is 0.829. The lowest BCUT2D eigenvalue weighted by molar-refractivity contribution is -0.129. The molecule has 20 heavy (non-hydrogen) atoms. The molecule has 0 saturated heterocycles. The van der Waals surface area contributed by atoms with Crippen LogP contribution in [0.25, 0.3) is 0 Å². The third kappa shape index (κ3) is 6.16. The van der Waals surface area contributed by atoms with Gasteiger partial charge >= 0.3 is 0 Å². The standard InChI is InChI=1S/C14H20BrN3O2/c1-10(8-14(20)18(2)3)16-9-13(19)17-12-6-4-11(15)5-7-12/h4-7,10,16H,8-9H2,1-3H3,(H,17,19)/t10-/m1/s1. The molecular weight excluding hydrogens is 322 g/mol. The van der Waals surface area contributed by atoms with Gasteiger partial charge < -0.3 is 15.5 Å². The van der Waals surface area contributed by atoms with E-state index in [-0.39, 0.29) is 24.4 Å². The lowest BCUT2D eigenvalue weighted by atomic mass is 10.2. The molecule has 0 aliphatic rings. The van der Waals surface area contributed by atoms with Crippen molar-refractivity contribution in [1.29, 1.82) is 0 Å². The van der Waals surface area contributed by atoms with Crippen molar-refractivity contribution in [1.82, 2.24) is 10.2 Å². The molecule has 0 fully saturated rings. The minimum absolute atomic E-state index is 0.0401. The van der Waals surface area contributed by atoms with E-state index in [4.69, 9.17) is 0 Å². The van der Waals surface area contributed by atoms with E-state index in [2.05, 4.69) is 26.6 Å². The summed E-state index contributed by atoms with van der Waals surface area (Å²) in [4.78, 5) is 24.8. The Labute approximate surface area is 127 Å². The molecule has 1 aromatic carbocycles. The molecule has 1 aromatic rings. The molecule has 1 rings (SSSR count). The van der Waals surface area contributed by atoms with Crippen molar-refractivity contribution < 1.29 is 9.59 Å². The van der Waals surface area contributed by atoms with Crippen LogP contribution in [0.2, 0.25) is 0 Å². The van der Waals surface area contributed by atoms with Crippen molar-refractivity contribution in [3.05, 3.63) is 28.7 Å². The van der Waals surface area contributed by atoms with Gasteiger partial charge in [0.1, 0.15) is 0 Å². The Hall–Kier alpha value is -1.40. The number of anilines is 1. The fourth-order valence-electron chi connectivity index (χ4n) is 1.52. The molecule has 0 unspecified atom stereocenters. The van der Waals surface area contributed by atoms with E-state index in [1.807, 2.05) is 31.2 Å². The largest absolute Gasteiger partial charge is 0.349 e. The zero-order chi connectivity index (χ0) is 15.1. The van der Waals surface area contributed by atoms with Gasteiger partial charge in [0.05, 0.1) is 6.54 Å². The van der Waals surface area contributed by atoms with Gasteiger partial charge in [0.2, 0.25) is 11.8 Å². The molecule has 1 atom stereocenters. The van der Waals surface area contributed by atoms with Crippen LogP contribution in [0.5, 0.6) is 0 Å². The van der Waals surface area contributed by atoms with Gasteiger partial charge in [-0.3, -0.25) is 9.59 Å². The molecule has 5 nitrogen and oxygen atoms in total. The first-order valence-corrected chi connectivity index (χ1v) is 7.16. The predicted octanol–water partition coefficient (Wildman–Crippen LogP) is 1.84. The fraction of sp³-hybridized carbons (Fsp3) is 0.429. The smallest absolute Gasteiger partial charge is 0.238 e. The molecule has 110 valence electrons.